The minimum atomic E-state index is -0.543. The molecule has 0 radical (unpaired) electrons. The summed E-state index contributed by atoms with van der Waals surface area (Å²) in [5, 5.41) is 11.0. The number of pyridine rings is 1. The molecule has 8 nitrogen and oxygen atoms in total. The highest BCUT2D eigenvalue weighted by molar-refractivity contribution is 5.92. The van der Waals surface area contributed by atoms with E-state index in [0.29, 0.717) is 37.5 Å². The lowest BCUT2D eigenvalue weighted by atomic mass is 10.2. The predicted octanol–water partition coefficient (Wildman–Crippen LogP) is 4.28. The van der Waals surface area contributed by atoms with E-state index in [1.54, 1.807) is 41.4 Å². The zero-order chi connectivity index (χ0) is 23.2. The molecule has 1 aliphatic heterocycles. The summed E-state index contributed by atoms with van der Waals surface area (Å²) < 4.78 is 19.8. The van der Waals surface area contributed by atoms with Crippen LogP contribution in [0.5, 0.6) is 11.5 Å². The average Bonchev–Trinajstić information content (AvgIpc) is 2.85. The van der Waals surface area contributed by atoms with E-state index in [1.165, 1.54) is 36.5 Å². The number of carbonyl (C=O) groups is 1. The lowest BCUT2D eigenvalue weighted by molar-refractivity contribution is -0.384. The van der Waals surface area contributed by atoms with Crippen LogP contribution in [0, 0.1) is 15.9 Å². The van der Waals surface area contributed by atoms with Gasteiger partial charge in [-0.25, -0.2) is 4.39 Å². The zero-order valence-electron chi connectivity index (χ0n) is 17.6. The van der Waals surface area contributed by atoms with Crippen LogP contribution in [0.15, 0.2) is 73.1 Å². The molecular formula is C24H21FN4O4. The van der Waals surface area contributed by atoms with Crippen LogP contribution >= 0.6 is 0 Å². The summed E-state index contributed by atoms with van der Waals surface area (Å²) in [6, 6.07) is 14.3. The molecule has 1 saturated heterocycles. The highest BCUT2D eigenvalue weighted by atomic mass is 19.1. The van der Waals surface area contributed by atoms with E-state index in [1.807, 2.05) is 11.0 Å². The molecule has 2 aromatic carbocycles. The number of piperazine rings is 1. The van der Waals surface area contributed by atoms with Crippen LogP contribution in [-0.2, 0) is 4.79 Å². The van der Waals surface area contributed by atoms with E-state index < -0.39 is 10.7 Å². The Morgan fingerprint density at radius 2 is 1.91 bits per heavy atom. The largest absolute Gasteiger partial charge is 0.453 e. The molecule has 168 valence electrons. The Bertz CT molecular complexity index is 1180. The van der Waals surface area contributed by atoms with Crippen molar-refractivity contribution in [1.82, 2.24) is 9.88 Å². The number of halogens is 1. The quantitative estimate of drug-likeness (QED) is 0.318. The summed E-state index contributed by atoms with van der Waals surface area (Å²) >= 11 is 0. The first kappa shape index (κ1) is 21.9. The molecule has 0 bridgehead atoms. The van der Waals surface area contributed by atoms with Gasteiger partial charge in [-0.05, 0) is 42.0 Å². The molecule has 3 aromatic rings. The minimum Gasteiger partial charge on any atom is -0.453 e. The topological polar surface area (TPSA) is 88.8 Å². The molecule has 1 aromatic heterocycles. The molecular weight excluding hydrogens is 427 g/mol. The van der Waals surface area contributed by atoms with Gasteiger partial charge >= 0.3 is 0 Å². The van der Waals surface area contributed by atoms with Crippen molar-refractivity contribution in [3.05, 3.63) is 94.6 Å². The van der Waals surface area contributed by atoms with Crippen LogP contribution < -0.4 is 9.64 Å². The molecule has 1 fully saturated rings. The van der Waals surface area contributed by atoms with Gasteiger partial charge in [0.05, 0.1) is 11.1 Å². The molecule has 4 rings (SSSR count). The highest BCUT2D eigenvalue weighted by Crippen LogP contribution is 2.25. The monoisotopic (exact) mass is 448 g/mol. The predicted molar refractivity (Wildman–Crippen MR) is 122 cm³/mol. The molecule has 0 N–H and O–H groups in total. The molecule has 1 aliphatic rings. The number of non-ortho nitro benzene ring substituents is 1. The van der Waals surface area contributed by atoms with Gasteiger partial charge in [-0.15, -0.1) is 0 Å². The van der Waals surface area contributed by atoms with Crippen molar-refractivity contribution < 1.29 is 18.8 Å². The third kappa shape index (κ3) is 5.51. The van der Waals surface area contributed by atoms with Gasteiger partial charge in [0.25, 0.3) is 5.69 Å². The molecule has 0 saturated carbocycles. The average molecular weight is 448 g/mol. The number of hydrogen-bond acceptors (Lipinski definition) is 6. The molecule has 1 amide bonds. The number of aromatic nitrogens is 1. The van der Waals surface area contributed by atoms with E-state index in [4.69, 9.17) is 4.74 Å². The van der Waals surface area contributed by atoms with Crippen molar-refractivity contribution >= 4 is 23.4 Å². The van der Waals surface area contributed by atoms with Crippen LogP contribution in [-0.4, -0.2) is 46.9 Å². The van der Waals surface area contributed by atoms with E-state index >= 15 is 0 Å². The van der Waals surface area contributed by atoms with Crippen LogP contribution in [0.25, 0.3) is 6.08 Å². The number of ether oxygens (including phenoxy) is 1. The Morgan fingerprint density at radius 3 is 2.61 bits per heavy atom. The number of carbonyl (C=O) groups excluding carboxylic acids is 1. The number of nitro benzene ring substituents is 1. The maximum absolute atomic E-state index is 14.4. The smallest absolute Gasteiger partial charge is 0.271 e. The zero-order valence-corrected chi connectivity index (χ0v) is 17.6. The van der Waals surface area contributed by atoms with Crippen molar-refractivity contribution in [2.45, 2.75) is 0 Å². The van der Waals surface area contributed by atoms with Crippen molar-refractivity contribution in [1.29, 1.82) is 0 Å². The second-order valence-corrected chi connectivity index (χ2v) is 7.40. The first-order valence-corrected chi connectivity index (χ1v) is 10.3. The molecule has 0 atom stereocenters. The van der Waals surface area contributed by atoms with Gasteiger partial charge in [-0.2, -0.15) is 0 Å². The summed E-state index contributed by atoms with van der Waals surface area (Å²) in [6.45, 7) is 2.10. The van der Waals surface area contributed by atoms with Gasteiger partial charge in [0.15, 0.2) is 11.6 Å². The van der Waals surface area contributed by atoms with Crippen molar-refractivity contribution in [2.24, 2.45) is 0 Å². The van der Waals surface area contributed by atoms with Crippen LogP contribution in [0.4, 0.5) is 15.8 Å². The highest BCUT2D eigenvalue weighted by Gasteiger charge is 2.21. The lowest BCUT2D eigenvalue weighted by Crippen LogP contribution is -2.48. The molecule has 9 heteroatoms. The van der Waals surface area contributed by atoms with Crippen molar-refractivity contribution in [3.63, 3.8) is 0 Å². The third-order valence-electron chi connectivity index (χ3n) is 5.23. The number of amides is 1. The SMILES string of the molecule is O=C(/C=C/c1ccc(Oc2cccnc2)c(F)c1)N1CCN(c2cccc([N+](=O)[O-])c2)CC1. The molecule has 0 spiro atoms. The summed E-state index contributed by atoms with van der Waals surface area (Å²) in [5.41, 5.74) is 1.34. The maximum atomic E-state index is 14.4. The Balaban J connectivity index is 1.33. The Hall–Kier alpha value is -4.27. The fraction of sp³-hybridized carbons (Fsp3) is 0.167. The van der Waals surface area contributed by atoms with Crippen LogP contribution in [0.2, 0.25) is 0 Å². The fourth-order valence-electron chi connectivity index (χ4n) is 3.50. The Morgan fingerprint density at radius 1 is 1.09 bits per heavy atom. The van der Waals surface area contributed by atoms with Gasteiger partial charge in [-0.3, -0.25) is 19.9 Å². The van der Waals surface area contributed by atoms with Crippen LogP contribution in [0.3, 0.4) is 0 Å². The van der Waals surface area contributed by atoms with Gasteiger partial charge in [0.2, 0.25) is 5.91 Å². The number of benzene rings is 2. The summed E-state index contributed by atoms with van der Waals surface area (Å²) in [6.07, 6.45) is 6.07. The van der Waals surface area contributed by atoms with Crippen molar-refractivity contribution in [2.75, 3.05) is 31.1 Å². The van der Waals surface area contributed by atoms with Gasteiger partial charge in [0.1, 0.15) is 5.75 Å². The number of nitrogens with zero attached hydrogens (tertiary/aromatic N) is 4. The fourth-order valence-corrected chi connectivity index (χ4v) is 3.50. The van der Waals surface area contributed by atoms with Crippen LogP contribution in [0.1, 0.15) is 5.56 Å². The normalized spacial score (nSPS) is 13.8. The number of rotatable bonds is 6. The Labute approximate surface area is 189 Å². The summed E-state index contributed by atoms with van der Waals surface area (Å²) in [4.78, 5) is 30.7. The number of nitro groups is 1. The summed E-state index contributed by atoms with van der Waals surface area (Å²) in [5.74, 6) is -0.216. The van der Waals surface area contributed by atoms with E-state index in [2.05, 4.69) is 4.98 Å². The standard InChI is InChI=1S/C24H21FN4O4/c25-22-15-18(6-8-23(22)33-21-5-2-10-26-17-21)7-9-24(30)28-13-11-27(12-14-28)19-3-1-4-20(16-19)29(31)32/h1-10,15-17H,11-14H2/b9-7+. The first-order chi connectivity index (χ1) is 16.0. The molecule has 33 heavy (non-hydrogen) atoms. The van der Waals surface area contributed by atoms with Gasteiger partial charge in [0, 0.05) is 56.3 Å². The molecule has 0 aliphatic carbocycles. The van der Waals surface area contributed by atoms with E-state index in [9.17, 15) is 19.3 Å². The van der Waals surface area contributed by atoms with E-state index in [-0.39, 0.29) is 17.3 Å². The minimum absolute atomic E-state index is 0.0398. The lowest BCUT2D eigenvalue weighted by Gasteiger charge is -2.35. The van der Waals surface area contributed by atoms with E-state index in [0.717, 1.165) is 5.69 Å². The summed E-state index contributed by atoms with van der Waals surface area (Å²) in [7, 11) is 0. The van der Waals surface area contributed by atoms with Crippen molar-refractivity contribution in [3.8, 4) is 11.5 Å². The Kier molecular flexibility index (Phi) is 6.58. The van der Waals surface area contributed by atoms with Gasteiger partial charge < -0.3 is 14.5 Å². The third-order valence-corrected chi connectivity index (χ3v) is 5.23. The molecule has 2 heterocycles. The molecule has 0 unspecified atom stereocenters. The number of hydrogen-bond donors (Lipinski definition) is 0. The first-order valence-electron chi connectivity index (χ1n) is 10.3. The second kappa shape index (κ2) is 9.90. The maximum Gasteiger partial charge on any atom is 0.271 e. The second-order valence-electron chi connectivity index (χ2n) is 7.40. The number of anilines is 1. The van der Waals surface area contributed by atoms with Gasteiger partial charge in [-0.1, -0.05) is 12.1 Å².